The minimum Gasteiger partial charge on any atom is -0.496 e. The molecule has 1 aliphatic carbocycles. The monoisotopic (exact) mass is 330 g/mol. The lowest BCUT2D eigenvalue weighted by molar-refractivity contribution is -0.138. The maximum atomic E-state index is 13.5. The molecule has 4 heteroatoms. The number of carbonyl (C=O) groups excluding carboxylic acids is 1. The number of ether oxygens (including phenoxy) is 1. The van der Waals surface area contributed by atoms with E-state index in [2.05, 4.69) is 28.4 Å². The van der Waals surface area contributed by atoms with Gasteiger partial charge in [-0.05, 0) is 56.8 Å². The first-order valence-electron chi connectivity index (χ1n) is 9.22. The van der Waals surface area contributed by atoms with E-state index in [-0.39, 0.29) is 5.41 Å². The van der Waals surface area contributed by atoms with Crippen molar-refractivity contribution >= 4 is 5.91 Å². The van der Waals surface area contributed by atoms with E-state index in [0.717, 1.165) is 68.5 Å². The molecule has 2 aliphatic rings. The van der Waals surface area contributed by atoms with Crippen LogP contribution in [0.1, 0.15) is 49.7 Å². The van der Waals surface area contributed by atoms with Crippen LogP contribution in [0.4, 0.5) is 0 Å². The molecule has 3 rings (SSSR count). The van der Waals surface area contributed by atoms with E-state index in [1.807, 2.05) is 14.0 Å². The van der Waals surface area contributed by atoms with Gasteiger partial charge in [-0.25, -0.2) is 0 Å². The van der Waals surface area contributed by atoms with Crippen LogP contribution in [0.3, 0.4) is 0 Å². The van der Waals surface area contributed by atoms with Gasteiger partial charge in [0.15, 0.2) is 0 Å². The highest BCUT2D eigenvalue weighted by Crippen LogP contribution is 2.44. The first-order chi connectivity index (χ1) is 11.6. The Bertz CT molecular complexity index is 593. The Kier molecular flexibility index (Phi) is 5.14. The number of piperidine rings is 1. The summed E-state index contributed by atoms with van der Waals surface area (Å²) in [4.78, 5) is 15.6. The molecular weight excluding hydrogens is 300 g/mol. The van der Waals surface area contributed by atoms with Gasteiger partial charge in [0.25, 0.3) is 0 Å². The highest BCUT2D eigenvalue weighted by molar-refractivity contribution is 5.89. The van der Waals surface area contributed by atoms with Crippen molar-refractivity contribution < 1.29 is 9.53 Å². The van der Waals surface area contributed by atoms with E-state index in [0.29, 0.717) is 11.9 Å². The van der Waals surface area contributed by atoms with Gasteiger partial charge in [0.2, 0.25) is 5.91 Å². The van der Waals surface area contributed by atoms with Crippen LogP contribution in [-0.2, 0) is 10.2 Å². The molecule has 0 radical (unpaired) electrons. The van der Waals surface area contributed by atoms with E-state index < -0.39 is 0 Å². The maximum absolute atomic E-state index is 13.5. The van der Waals surface area contributed by atoms with Crippen LogP contribution in [0.25, 0.3) is 0 Å². The molecule has 132 valence electrons. The van der Waals surface area contributed by atoms with Gasteiger partial charge < -0.3 is 15.0 Å². The summed E-state index contributed by atoms with van der Waals surface area (Å²) < 4.78 is 5.51. The number of hydrogen-bond acceptors (Lipinski definition) is 3. The van der Waals surface area contributed by atoms with Crippen LogP contribution < -0.4 is 10.1 Å². The molecule has 0 aromatic heterocycles. The molecule has 1 aromatic rings. The fraction of sp³-hybridized carbons (Fsp3) is 0.650. The maximum Gasteiger partial charge on any atom is 0.233 e. The normalized spacial score (nSPS) is 23.3. The molecule has 1 saturated heterocycles. The van der Waals surface area contributed by atoms with Crippen LogP contribution in [0.15, 0.2) is 18.2 Å². The van der Waals surface area contributed by atoms with Crippen LogP contribution in [-0.4, -0.2) is 44.1 Å². The van der Waals surface area contributed by atoms with E-state index in [1.54, 1.807) is 7.11 Å². The summed E-state index contributed by atoms with van der Waals surface area (Å²) in [7, 11) is 3.70. The van der Waals surface area contributed by atoms with Crippen molar-refractivity contribution in [3.63, 3.8) is 0 Å². The summed E-state index contributed by atoms with van der Waals surface area (Å²) >= 11 is 0. The topological polar surface area (TPSA) is 41.6 Å². The Labute approximate surface area is 145 Å². The summed E-state index contributed by atoms with van der Waals surface area (Å²) in [6.45, 7) is 3.77. The fourth-order valence-corrected chi connectivity index (χ4v) is 4.42. The third-order valence-electron chi connectivity index (χ3n) is 5.94. The Morgan fingerprint density at radius 2 is 2.04 bits per heavy atom. The van der Waals surface area contributed by atoms with Crippen molar-refractivity contribution in [2.45, 2.75) is 56.9 Å². The number of likely N-dealkylation sites (N-methyl/N-ethyl adjacent to an activating group) is 1. The second-order valence-corrected chi connectivity index (χ2v) is 7.35. The SMILES string of the molecule is CNC1CCCN(C(=O)C2(c3ccc(C)c(OC)c3)CCCC2)C1. The summed E-state index contributed by atoms with van der Waals surface area (Å²) in [5.41, 5.74) is 1.91. The summed E-state index contributed by atoms with van der Waals surface area (Å²) in [6.07, 6.45) is 6.42. The predicted molar refractivity (Wildman–Crippen MR) is 96.5 cm³/mol. The summed E-state index contributed by atoms with van der Waals surface area (Å²) in [5, 5.41) is 3.34. The predicted octanol–water partition coefficient (Wildman–Crippen LogP) is 3.03. The van der Waals surface area contributed by atoms with Crippen molar-refractivity contribution in [2.75, 3.05) is 27.2 Å². The number of benzene rings is 1. The zero-order valence-electron chi connectivity index (χ0n) is 15.2. The zero-order valence-corrected chi connectivity index (χ0v) is 15.2. The second-order valence-electron chi connectivity index (χ2n) is 7.35. The van der Waals surface area contributed by atoms with Crippen LogP contribution in [0.2, 0.25) is 0 Å². The van der Waals surface area contributed by atoms with Gasteiger partial charge in [-0.2, -0.15) is 0 Å². The molecule has 24 heavy (non-hydrogen) atoms. The molecule has 4 nitrogen and oxygen atoms in total. The molecule has 1 heterocycles. The number of aryl methyl sites for hydroxylation is 1. The van der Waals surface area contributed by atoms with Crippen LogP contribution >= 0.6 is 0 Å². The second kappa shape index (κ2) is 7.14. The third-order valence-corrected chi connectivity index (χ3v) is 5.94. The quantitative estimate of drug-likeness (QED) is 0.923. The van der Waals surface area contributed by atoms with Crippen molar-refractivity contribution in [1.82, 2.24) is 10.2 Å². The molecule has 1 unspecified atom stereocenters. The zero-order chi connectivity index (χ0) is 17.2. The number of hydrogen-bond donors (Lipinski definition) is 1. The van der Waals surface area contributed by atoms with Gasteiger partial charge in [0.05, 0.1) is 12.5 Å². The van der Waals surface area contributed by atoms with Gasteiger partial charge in [0, 0.05) is 19.1 Å². The van der Waals surface area contributed by atoms with Gasteiger partial charge in [-0.1, -0.05) is 25.0 Å². The van der Waals surface area contributed by atoms with Crippen molar-refractivity contribution in [3.05, 3.63) is 29.3 Å². The highest BCUT2D eigenvalue weighted by atomic mass is 16.5. The smallest absolute Gasteiger partial charge is 0.233 e. The lowest BCUT2D eigenvalue weighted by atomic mass is 9.76. The molecule has 1 aliphatic heterocycles. The molecule has 1 N–H and O–H groups in total. The largest absolute Gasteiger partial charge is 0.496 e. The Hall–Kier alpha value is -1.55. The van der Waals surface area contributed by atoms with E-state index in [9.17, 15) is 4.79 Å². The van der Waals surface area contributed by atoms with Crippen molar-refractivity contribution in [3.8, 4) is 5.75 Å². The molecule has 1 saturated carbocycles. The standard InChI is InChI=1S/C20H30N2O2/c1-15-8-9-16(13-18(15)24-3)20(10-4-5-11-20)19(23)22-12-6-7-17(14-22)21-2/h8-9,13,17,21H,4-7,10-12,14H2,1-3H3. The number of carbonyl (C=O) groups is 1. The molecule has 1 aromatic carbocycles. The van der Waals surface area contributed by atoms with Gasteiger partial charge in [-0.15, -0.1) is 0 Å². The van der Waals surface area contributed by atoms with Gasteiger partial charge >= 0.3 is 0 Å². The summed E-state index contributed by atoms with van der Waals surface area (Å²) in [5.74, 6) is 1.21. The number of nitrogens with zero attached hydrogens (tertiary/aromatic N) is 1. The Morgan fingerprint density at radius 3 is 2.71 bits per heavy atom. The lowest BCUT2D eigenvalue weighted by Gasteiger charge is -2.39. The van der Waals surface area contributed by atoms with E-state index in [1.165, 1.54) is 0 Å². The number of methoxy groups -OCH3 is 1. The molecule has 0 spiro atoms. The van der Waals surface area contributed by atoms with Gasteiger partial charge in [-0.3, -0.25) is 4.79 Å². The van der Waals surface area contributed by atoms with Crippen LogP contribution in [0, 0.1) is 6.92 Å². The Balaban J connectivity index is 1.92. The molecular formula is C20H30N2O2. The molecule has 2 fully saturated rings. The highest BCUT2D eigenvalue weighted by Gasteiger charge is 2.45. The van der Waals surface area contributed by atoms with Gasteiger partial charge in [0.1, 0.15) is 5.75 Å². The minimum atomic E-state index is -0.351. The molecule has 0 bridgehead atoms. The average Bonchev–Trinajstić information content (AvgIpc) is 3.12. The number of likely N-dealkylation sites (tertiary alicyclic amines) is 1. The fourth-order valence-electron chi connectivity index (χ4n) is 4.42. The number of rotatable bonds is 4. The number of amides is 1. The number of nitrogens with one attached hydrogen (secondary N) is 1. The lowest BCUT2D eigenvalue weighted by Crippen LogP contribution is -2.52. The van der Waals surface area contributed by atoms with E-state index in [4.69, 9.17) is 4.74 Å². The van der Waals surface area contributed by atoms with Crippen LogP contribution in [0.5, 0.6) is 5.75 Å². The Morgan fingerprint density at radius 1 is 1.29 bits per heavy atom. The van der Waals surface area contributed by atoms with Crippen molar-refractivity contribution in [2.24, 2.45) is 0 Å². The van der Waals surface area contributed by atoms with E-state index >= 15 is 0 Å². The average molecular weight is 330 g/mol. The molecule has 1 amide bonds. The first kappa shape index (κ1) is 17.3. The third kappa shape index (κ3) is 3.04. The minimum absolute atomic E-state index is 0.325. The first-order valence-corrected chi connectivity index (χ1v) is 9.22. The summed E-state index contributed by atoms with van der Waals surface area (Å²) in [6, 6.07) is 6.75. The molecule has 1 atom stereocenters. The van der Waals surface area contributed by atoms with Crippen molar-refractivity contribution in [1.29, 1.82) is 0 Å².